The van der Waals surface area contributed by atoms with Crippen LogP contribution in [0.3, 0.4) is 0 Å². The summed E-state index contributed by atoms with van der Waals surface area (Å²) in [6, 6.07) is 8.64. The second-order valence-electron chi connectivity index (χ2n) is 4.16. The van der Waals surface area contributed by atoms with Crippen molar-refractivity contribution < 1.29 is 14.7 Å². The maximum absolute atomic E-state index is 11.7. The van der Waals surface area contributed by atoms with Crippen LogP contribution >= 0.6 is 11.8 Å². The number of amides is 1. The van der Waals surface area contributed by atoms with E-state index in [4.69, 9.17) is 10.8 Å². The number of hydrogen-bond acceptors (Lipinski definition) is 4. The summed E-state index contributed by atoms with van der Waals surface area (Å²) >= 11 is 1.22. The molecular weight excluding hydrogens is 264 g/mol. The number of nitrogens with one attached hydrogen (secondary N) is 1. The molecular formula is C13H18N2O3S. The van der Waals surface area contributed by atoms with Gasteiger partial charge in [0.15, 0.2) is 0 Å². The number of carboxylic acid groups (broad SMARTS) is 1. The van der Waals surface area contributed by atoms with Crippen molar-refractivity contribution in [1.29, 1.82) is 0 Å². The molecule has 0 spiro atoms. The Morgan fingerprint density at radius 2 is 2.00 bits per heavy atom. The first-order valence-electron chi connectivity index (χ1n) is 5.91. The Bertz CT molecular complexity index is 425. The van der Waals surface area contributed by atoms with Crippen LogP contribution in [-0.2, 0) is 9.59 Å². The first kappa shape index (κ1) is 15.5. The molecule has 6 heteroatoms. The molecule has 0 aliphatic heterocycles. The van der Waals surface area contributed by atoms with E-state index in [1.807, 2.05) is 37.3 Å². The molecule has 0 radical (unpaired) electrons. The van der Waals surface area contributed by atoms with Gasteiger partial charge in [-0.3, -0.25) is 9.59 Å². The van der Waals surface area contributed by atoms with Crippen molar-refractivity contribution in [3.8, 4) is 0 Å². The third-order valence-electron chi connectivity index (χ3n) is 2.52. The number of carboxylic acids is 1. The molecule has 1 aromatic carbocycles. The van der Waals surface area contributed by atoms with E-state index in [2.05, 4.69) is 5.32 Å². The van der Waals surface area contributed by atoms with Crippen molar-refractivity contribution in [2.45, 2.75) is 19.0 Å². The van der Waals surface area contributed by atoms with E-state index in [-0.39, 0.29) is 23.5 Å². The molecule has 0 heterocycles. The van der Waals surface area contributed by atoms with Gasteiger partial charge in [-0.25, -0.2) is 0 Å². The van der Waals surface area contributed by atoms with Crippen LogP contribution in [0.4, 0.5) is 0 Å². The molecule has 19 heavy (non-hydrogen) atoms. The highest BCUT2D eigenvalue weighted by Gasteiger charge is 2.13. The molecule has 4 N–H and O–H groups in total. The fraction of sp³-hybridized carbons (Fsp3) is 0.385. The fourth-order valence-corrected chi connectivity index (χ4v) is 2.24. The van der Waals surface area contributed by atoms with E-state index in [1.54, 1.807) is 0 Å². The Balaban J connectivity index is 2.30. The third-order valence-corrected chi connectivity index (χ3v) is 3.59. The fourth-order valence-electron chi connectivity index (χ4n) is 1.46. The maximum atomic E-state index is 11.7. The van der Waals surface area contributed by atoms with Gasteiger partial charge in [0, 0.05) is 5.75 Å². The Morgan fingerprint density at radius 3 is 2.58 bits per heavy atom. The van der Waals surface area contributed by atoms with E-state index in [0.717, 1.165) is 5.56 Å². The lowest BCUT2D eigenvalue weighted by atomic mass is 10.1. The van der Waals surface area contributed by atoms with E-state index in [9.17, 15) is 9.59 Å². The molecule has 5 nitrogen and oxygen atoms in total. The van der Waals surface area contributed by atoms with Gasteiger partial charge in [-0.15, -0.1) is 11.8 Å². The van der Waals surface area contributed by atoms with Crippen molar-refractivity contribution in [1.82, 2.24) is 5.32 Å². The number of benzene rings is 1. The lowest BCUT2D eigenvalue weighted by Gasteiger charge is -2.14. The van der Waals surface area contributed by atoms with Gasteiger partial charge in [-0.1, -0.05) is 30.3 Å². The summed E-state index contributed by atoms with van der Waals surface area (Å²) in [5.41, 5.74) is 6.37. The molecule has 0 saturated carbocycles. The van der Waals surface area contributed by atoms with Crippen LogP contribution in [0.25, 0.3) is 0 Å². The lowest BCUT2D eigenvalue weighted by Crippen LogP contribution is -2.34. The minimum absolute atomic E-state index is 0.0672. The van der Waals surface area contributed by atoms with Gasteiger partial charge < -0.3 is 16.2 Å². The van der Waals surface area contributed by atoms with Gasteiger partial charge in [-0.2, -0.15) is 0 Å². The lowest BCUT2D eigenvalue weighted by molar-refractivity contribution is -0.138. The zero-order valence-electron chi connectivity index (χ0n) is 10.7. The highest BCUT2D eigenvalue weighted by molar-refractivity contribution is 8.00. The SMILES string of the molecule is CC(NC(=O)CSC[C@@H](N)C(=O)O)c1ccccc1. The summed E-state index contributed by atoms with van der Waals surface area (Å²) in [5, 5.41) is 11.5. The predicted octanol–water partition coefficient (Wildman–Crippen LogP) is 1.01. The standard InChI is InChI=1S/C13H18N2O3S/c1-9(10-5-3-2-4-6-10)15-12(16)8-19-7-11(14)13(17)18/h2-6,9,11H,7-8,14H2,1H3,(H,15,16)(H,17,18)/t9?,11-/m1/s1. The monoisotopic (exact) mass is 282 g/mol. The van der Waals surface area contributed by atoms with Gasteiger partial charge in [0.1, 0.15) is 6.04 Å². The zero-order chi connectivity index (χ0) is 14.3. The van der Waals surface area contributed by atoms with Gasteiger partial charge in [0.05, 0.1) is 11.8 Å². The molecule has 0 aliphatic carbocycles. The molecule has 0 aliphatic rings. The van der Waals surface area contributed by atoms with Crippen LogP contribution in [0.2, 0.25) is 0 Å². The van der Waals surface area contributed by atoms with E-state index >= 15 is 0 Å². The van der Waals surface area contributed by atoms with Crippen LogP contribution in [0, 0.1) is 0 Å². The van der Waals surface area contributed by atoms with Crippen LogP contribution in [0.1, 0.15) is 18.5 Å². The molecule has 0 fully saturated rings. The van der Waals surface area contributed by atoms with Crippen LogP contribution in [-0.4, -0.2) is 34.5 Å². The van der Waals surface area contributed by atoms with Gasteiger partial charge in [0.25, 0.3) is 0 Å². The average Bonchev–Trinajstić information content (AvgIpc) is 2.39. The number of carbonyl (C=O) groups is 2. The van der Waals surface area contributed by atoms with Gasteiger partial charge >= 0.3 is 5.97 Å². The smallest absolute Gasteiger partial charge is 0.321 e. The van der Waals surface area contributed by atoms with E-state index < -0.39 is 12.0 Å². The van der Waals surface area contributed by atoms with Crippen molar-refractivity contribution >= 4 is 23.6 Å². The van der Waals surface area contributed by atoms with Crippen molar-refractivity contribution in [2.75, 3.05) is 11.5 Å². The predicted molar refractivity (Wildman–Crippen MR) is 75.9 cm³/mol. The zero-order valence-corrected chi connectivity index (χ0v) is 11.5. The Hall–Kier alpha value is -1.53. The van der Waals surface area contributed by atoms with Gasteiger partial charge in [0.2, 0.25) is 5.91 Å². The molecule has 0 aromatic heterocycles. The highest BCUT2D eigenvalue weighted by Crippen LogP contribution is 2.11. The minimum Gasteiger partial charge on any atom is -0.480 e. The van der Waals surface area contributed by atoms with Crippen molar-refractivity contribution in [3.63, 3.8) is 0 Å². The average molecular weight is 282 g/mol. The Morgan fingerprint density at radius 1 is 1.37 bits per heavy atom. The van der Waals surface area contributed by atoms with Gasteiger partial charge in [-0.05, 0) is 12.5 Å². The van der Waals surface area contributed by atoms with Crippen LogP contribution < -0.4 is 11.1 Å². The third kappa shape index (κ3) is 5.76. The van der Waals surface area contributed by atoms with Crippen molar-refractivity contribution in [2.24, 2.45) is 5.73 Å². The second-order valence-corrected chi connectivity index (χ2v) is 5.19. The summed E-state index contributed by atoms with van der Waals surface area (Å²) in [6.45, 7) is 1.90. The minimum atomic E-state index is -1.05. The summed E-state index contributed by atoms with van der Waals surface area (Å²) in [5.74, 6) is -0.745. The molecule has 0 saturated heterocycles. The number of nitrogens with two attached hydrogens (primary N) is 1. The Kier molecular flexibility index (Phi) is 6.38. The largest absolute Gasteiger partial charge is 0.480 e. The summed E-state index contributed by atoms with van der Waals surface area (Å²) in [6.07, 6.45) is 0. The maximum Gasteiger partial charge on any atom is 0.321 e. The summed E-state index contributed by atoms with van der Waals surface area (Å²) in [7, 11) is 0. The quantitative estimate of drug-likeness (QED) is 0.694. The molecule has 1 aromatic rings. The molecule has 1 unspecified atom stereocenters. The molecule has 1 rings (SSSR count). The number of rotatable bonds is 7. The second kappa shape index (κ2) is 7.81. The number of aliphatic carboxylic acids is 1. The Labute approximate surface area is 116 Å². The first-order valence-corrected chi connectivity index (χ1v) is 7.06. The van der Waals surface area contributed by atoms with Crippen molar-refractivity contribution in [3.05, 3.63) is 35.9 Å². The van der Waals surface area contributed by atoms with Crippen LogP contribution in [0.15, 0.2) is 30.3 Å². The summed E-state index contributed by atoms with van der Waals surface area (Å²) < 4.78 is 0. The number of hydrogen-bond donors (Lipinski definition) is 3. The van der Waals surface area contributed by atoms with Crippen LogP contribution in [0.5, 0.6) is 0 Å². The van der Waals surface area contributed by atoms with E-state index in [0.29, 0.717) is 0 Å². The highest BCUT2D eigenvalue weighted by atomic mass is 32.2. The summed E-state index contributed by atoms with van der Waals surface area (Å²) in [4.78, 5) is 22.2. The molecule has 2 atom stereocenters. The normalized spacial score (nSPS) is 13.6. The molecule has 0 bridgehead atoms. The number of thioether (sulfide) groups is 1. The molecule has 104 valence electrons. The number of carbonyl (C=O) groups excluding carboxylic acids is 1. The molecule has 1 amide bonds. The first-order chi connectivity index (χ1) is 9.00. The topological polar surface area (TPSA) is 92.4 Å². The van der Waals surface area contributed by atoms with E-state index in [1.165, 1.54) is 11.8 Å².